The number of hydrogen-bond acceptors (Lipinski definition) is 4. The fourth-order valence-electron chi connectivity index (χ4n) is 4.68. The summed E-state index contributed by atoms with van der Waals surface area (Å²) in [5, 5.41) is 14.8. The fraction of sp³-hybridized carbons (Fsp3) is 0.522. The Kier molecular flexibility index (Phi) is 7.26. The summed E-state index contributed by atoms with van der Waals surface area (Å²) in [5.74, 6) is -2.00. The Morgan fingerprint density at radius 2 is 1.83 bits per heavy atom. The first-order chi connectivity index (χ1) is 14.5. The van der Waals surface area contributed by atoms with Crippen LogP contribution in [-0.2, 0) is 20.9 Å². The molecule has 0 aromatic heterocycles. The number of nitrogens with zero attached hydrogens (tertiary/aromatic N) is 1. The van der Waals surface area contributed by atoms with Crippen molar-refractivity contribution in [3.8, 4) is 0 Å². The van der Waals surface area contributed by atoms with Gasteiger partial charge in [-0.2, -0.15) is 0 Å². The first-order valence-corrected chi connectivity index (χ1v) is 10.6. The molecule has 3 N–H and O–H groups in total. The number of carbonyl (C=O) groups excluding carboxylic acids is 3. The summed E-state index contributed by atoms with van der Waals surface area (Å²) >= 11 is 0. The van der Waals surface area contributed by atoms with Crippen molar-refractivity contribution in [2.45, 2.75) is 32.4 Å². The maximum absolute atomic E-state index is 13.4. The SMILES string of the molecule is CNC(=O)[C@H]1[C@H]2C(=O)N(CCCCO)[C@H](C(=O)NCc3ccccc3)[C@H]2C=C[C@H]1C. The van der Waals surface area contributed by atoms with E-state index in [0.717, 1.165) is 5.56 Å². The molecule has 3 rings (SSSR count). The zero-order valence-electron chi connectivity index (χ0n) is 17.6. The number of allylic oxidation sites excluding steroid dienone is 1. The minimum atomic E-state index is -0.652. The van der Waals surface area contributed by atoms with Gasteiger partial charge in [0.1, 0.15) is 6.04 Å². The van der Waals surface area contributed by atoms with Crippen molar-refractivity contribution in [3.05, 3.63) is 48.0 Å². The Labute approximate surface area is 177 Å². The van der Waals surface area contributed by atoms with Crippen LogP contribution in [0, 0.1) is 23.7 Å². The molecule has 0 radical (unpaired) electrons. The van der Waals surface area contributed by atoms with E-state index in [9.17, 15) is 14.4 Å². The van der Waals surface area contributed by atoms with Crippen molar-refractivity contribution in [1.29, 1.82) is 0 Å². The number of fused-ring (bicyclic) bond motifs is 1. The van der Waals surface area contributed by atoms with Crippen LogP contribution in [-0.4, -0.2) is 54.0 Å². The number of nitrogens with one attached hydrogen (secondary N) is 2. The Bertz CT molecular complexity index is 795. The summed E-state index contributed by atoms with van der Waals surface area (Å²) in [7, 11) is 1.57. The third kappa shape index (κ3) is 4.41. The Balaban J connectivity index is 1.85. The fourth-order valence-corrected chi connectivity index (χ4v) is 4.68. The molecule has 30 heavy (non-hydrogen) atoms. The summed E-state index contributed by atoms with van der Waals surface area (Å²) < 4.78 is 0. The lowest BCUT2D eigenvalue weighted by Gasteiger charge is -2.32. The number of benzene rings is 1. The number of amides is 3. The summed E-state index contributed by atoms with van der Waals surface area (Å²) in [6.07, 6.45) is 5.05. The predicted molar refractivity (Wildman–Crippen MR) is 113 cm³/mol. The molecule has 1 aliphatic carbocycles. The van der Waals surface area contributed by atoms with Crippen molar-refractivity contribution in [1.82, 2.24) is 15.5 Å². The number of hydrogen-bond donors (Lipinski definition) is 3. The maximum Gasteiger partial charge on any atom is 0.243 e. The largest absolute Gasteiger partial charge is 0.396 e. The lowest BCUT2D eigenvalue weighted by Crippen LogP contribution is -2.47. The number of carbonyl (C=O) groups is 3. The molecular weight excluding hydrogens is 382 g/mol. The highest BCUT2D eigenvalue weighted by atomic mass is 16.3. The molecule has 1 heterocycles. The van der Waals surface area contributed by atoms with Gasteiger partial charge in [0.05, 0.1) is 11.8 Å². The smallest absolute Gasteiger partial charge is 0.243 e. The van der Waals surface area contributed by atoms with Gasteiger partial charge in [-0.05, 0) is 24.3 Å². The second kappa shape index (κ2) is 9.89. The highest BCUT2D eigenvalue weighted by Gasteiger charge is 2.56. The minimum absolute atomic E-state index is 0.0392. The Morgan fingerprint density at radius 3 is 2.50 bits per heavy atom. The number of likely N-dealkylation sites (tertiary alicyclic amines) is 1. The van der Waals surface area contributed by atoms with Crippen LogP contribution in [0.2, 0.25) is 0 Å². The van der Waals surface area contributed by atoms with Crippen molar-refractivity contribution in [2.24, 2.45) is 23.7 Å². The van der Waals surface area contributed by atoms with Crippen LogP contribution in [0.25, 0.3) is 0 Å². The number of unbranched alkanes of at least 4 members (excludes halogenated alkanes) is 1. The van der Waals surface area contributed by atoms with E-state index >= 15 is 0 Å². The zero-order valence-corrected chi connectivity index (χ0v) is 17.6. The van der Waals surface area contributed by atoms with E-state index in [2.05, 4.69) is 10.6 Å². The van der Waals surface area contributed by atoms with Gasteiger partial charge in [0, 0.05) is 32.7 Å². The first kappa shape index (κ1) is 22.0. The van der Waals surface area contributed by atoms with Crippen molar-refractivity contribution < 1.29 is 19.5 Å². The second-order valence-electron chi connectivity index (χ2n) is 8.10. The molecule has 5 atom stereocenters. The van der Waals surface area contributed by atoms with Gasteiger partial charge in [-0.3, -0.25) is 14.4 Å². The van der Waals surface area contributed by atoms with E-state index < -0.39 is 17.9 Å². The predicted octanol–water partition coefficient (Wildman–Crippen LogP) is 1.09. The average Bonchev–Trinajstić information content (AvgIpc) is 3.04. The number of aliphatic hydroxyl groups excluding tert-OH is 1. The topological polar surface area (TPSA) is 98.7 Å². The molecule has 7 heteroatoms. The first-order valence-electron chi connectivity index (χ1n) is 10.6. The molecule has 0 spiro atoms. The van der Waals surface area contributed by atoms with Gasteiger partial charge in [0.25, 0.3) is 0 Å². The van der Waals surface area contributed by atoms with Crippen molar-refractivity contribution in [3.63, 3.8) is 0 Å². The summed E-state index contributed by atoms with van der Waals surface area (Å²) in [4.78, 5) is 40.8. The average molecular weight is 414 g/mol. The molecule has 1 aromatic carbocycles. The molecule has 0 saturated carbocycles. The molecule has 0 bridgehead atoms. The maximum atomic E-state index is 13.4. The quantitative estimate of drug-likeness (QED) is 0.439. The summed E-state index contributed by atoms with van der Waals surface area (Å²) in [6, 6.07) is 8.97. The molecule has 1 aromatic rings. The van der Waals surface area contributed by atoms with Gasteiger partial charge in [-0.1, -0.05) is 49.4 Å². The van der Waals surface area contributed by atoms with Gasteiger partial charge < -0.3 is 20.6 Å². The van der Waals surface area contributed by atoms with Crippen LogP contribution in [0.3, 0.4) is 0 Å². The highest BCUT2D eigenvalue weighted by Crippen LogP contribution is 2.44. The van der Waals surface area contributed by atoms with Crippen molar-refractivity contribution in [2.75, 3.05) is 20.2 Å². The van der Waals surface area contributed by atoms with Crippen LogP contribution in [0.5, 0.6) is 0 Å². The van der Waals surface area contributed by atoms with E-state index in [-0.39, 0.29) is 36.2 Å². The van der Waals surface area contributed by atoms with Gasteiger partial charge in [0.15, 0.2) is 0 Å². The zero-order chi connectivity index (χ0) is 21.7. The molecule has 7 nitrogen and oxygen atoms in total. The van der Waals surface area contributed by atoms with Crippen molar-refractivity contribution >= 4 is 17.7 Å². The highest BCUT2D eigenvalue weighted by molar-refractivity contribution is 5.96. The van der Waals surface area contributed by atoms with Crippen LogP contribution >= 0.6 is 0 Å². The third-order valence-electron chi connectivity index (χ3n) is 6.21. The normalized spacial score (nSPS) is 27.6. The van der Waals surface area contributed by atoms with E-state index in [1.54, 1.807) is 11.9 Å². The number of aliphatic hydroxyl groups is 1. The Hall–Kier alpha value is -2.67. The van der Waals surface area contributed by atoms with Crippen LogP contribution < -0.4 is 10.6 Å². The standard InChI is InChI=1S/C23H31N3O4/c1-15-10-11-17-19(18(15)21(28)24-2)23(30)26(12-6-7-13-27)20(17)22(29)25-14-16-8-4-3-5-9-16/h3-5,8-11,15,17-20,27H,6-7,12-14H2,1-2H3,(H,24,28)(H,25,29)/t15-,17+,18-,19+,20+/m1/s1. The molecule has 1 fully saturated rings. The monoisotopic (exact) mass is 413 g/mol. The van der Waals surface area contributed by atoms with Crippen LogP contribution in [0.15, 0.2) is 42.5 Å². The molecule has 1 saturated heterocycles. The van der Waals surface area contributed by atoms with E-state index in [1.165, 1.54) is 0 Å². The minimum Gasteiger partial charge on any atom is -0.396 e. The van der Waals surface area contributed by atoms with Gasteiger partial charge >= 0.3 is 0 Å². The number of rotatable bonds is 8. The molecule has 1 aliphatic heterocycles. The van der Waals surface area contributed by atoms with E-state index in [0.29, 0.717) is 25.9 Å². The van der Waals surface area contributed by atoms with Crippen LogP contribution in [0.4, 0.5) is 0 Å². The molecule has 0 unspecified atom stereocenters. The second-order valence-corrected chi connectivity index (χ2v) is 8.10. The summed E-state index contributed by atoms with van der Waals surface area (Å²) in [5.41, 5.74) is 0.981. The summed E-state index contributed by atoms with van der Waals surface area (Å²) in [6.45, 7) is 2.74. The van der Waals surface area contributed by atoms with Gasteiger partial charge in [0.2, 0.25) is 17.7 Å². The molecule has 162 valence electrons. The molecule has 2 aliphatic rings. The lowest BCUT2D eigenvalue weighted by molar-refractivity contribution is -0.140. The van der Waals surface area contributed by atoms with Crippen LogP contribution in [0.1, 0.15) is 25.3 Å². The molecule has 3 amide bonds. The van der Waals surface area contributed by atoms with Gasteiger partial charge in [-0.15, -0.1) is 0 Å². The van der Waals surface area contributed by atoms with Gasteiger partial charge in [-0.25, -0.2) is 0 Å². The Morgan fingerprint density at radius 1 is 1.10 bits per heavy atom. The molecular formula is C23H31N3O4. The van der Waals surface area contributed by atoms with E-state index in [1.807, 2.05) is 49.4 Å². The third-order valence-corrected chi connectivity index (χ3v) is 6.21. The lowest BCUT2D eigenvalue weighted by atomic mass is 9.70. The van der Waals surface area contributed by atoms with E-state index in [4.69, 9.17) is 5.11 Å².